The van der Waals surface area contributed by atoms with E-state index in [2.05, 4.69) is 31.2 Å². The average molecular weight is 393 g/mol. The van der Waals surface area contributed by atoms with Crippen LogP contribution in [0.5, 0.6) is 0 Å². The molecule has 1 saturated heterocycles. The first-order valence-corrected chi connectivity index (χ1v) is 9.68. The van der Waals surface area contributed by atoms with Crippen LogP contribution in [-0.2, 0) is 0 Å². The first-order valence-electron chi connectivity index (χ1n) is 9.68. The van der Waals surface area contributed by atoms with Crippen molar-refractivity contribution in [3.63, 3.8) is 0 Å². The third kappa shape index (κ3) is 4.14. The van der Waals surface area contributed by atoms with Crippen molar-refractivity contribution in [2.75, 3.05) is 37.4 Å². The maximum atomic E-state index is 12.3. The second kappa shape index (κ2) is 8.03. The van der Waals surface area contributed by atoms with Gasteiger partial charge in [-0.3, -0.25) is 4.79 Å². The molecule has 0 aliphatic carbocycles. The van der Waals surface area contributed by atoms with Gasteiger partial charge in [-0.05, 0) is 45.7 Å². The predicted molar refractivity (Wildman–Crippen MR) is 112 cm³/mol. The van der Waals surface area contributed by atoms with Crippen LogP contribution in [0, 0.1) is 39.0 Å². The number of hydrogen-bond acceptors (Lipinski definition) is 7. The summed E-state index contributed by atoms with van der Waals surface area (Å²) in [4.78, 5) is 29.5. The number of rotatable bonds is 4. The van der Waals surface area contributed by atoms with Gasteiger partial charge >= 0.3 is 0 Å². The van der Waals surface area contributed by atoms with Gasteiger partial charge in [-0.15, -0.1) is 0 Å². The maximum Gasteiger partial charge on any atom is 0.291 e. The number of nitrogens with zero attached hydrogens (tertiary/aromatic N) is 6. The van der Waals surface area contributed by atoms with E-state index in [1.807, 2.05) is 33.8 Å². The standard InChI is InChI=1S/C21H27N7O/c1-12-9-13(2)23-18(17(12)10-22)25-16-7-8-28(11-16)20-14(3)15(4)24-19(26-20)21(29)27(5)6/h9,16H,7-8,11H2,1-6H3,(H,23,25)/t16-/m1/s1. The SMILES string of the molecule is Cc1cc(C)c(C#N)c(N[C@@H]2CCN(c3nc(C(=O)N(C)C)nc(C)c3C)C2)n1. The smallest absolute Gasteiger partial charge is 0.291 e. The fourth-order valence-electron chi connectivity index (χ4n) is 3.56. The molecular weight excluding hydrogens is 366 g/mol. The first kappa shape index (κ1) is 20.5. The van der Waals surface area contributed by atoms with Crippen molar-refractivity contribution in [3.05, 3.63) is 40.0 Å². The lowest BCUT2D eigenvalue weighted by Gasteiger charge is -2.22. The molecule has 1 atom stereocenters. The molecule has 2 aromatic heterocycles. The van der Waals surface area contributed by atoms with Gasteiger partial charge < -0.3 is 15.1 Å². The molecule has 1 N–H and O–H groups in total. The molecule has 8 nitrogen and oxygen atoms in total. The minimum absolute atomic E-state index is 0.137. The van der Waals surface area contributed by atoms with E-state index in [9.17, 15) is 10.1 Å². The zero-order valence-electron chi connectivity index (χ0n) is 17.9. The number of aryl methyl sites for hydroxylation is 3. The molecule has 29 heavy (non-hydrogen) atoms. The van der Waals surface area contributed by atoms with Gasteiger partial charge in [0.05, 0.1) is 5.56 Å². The topological polar surface area (TPSA) is 98.0 Å². The number of hydrogen-bond donors (Lipinski definition) is 1. The molecule has 1 aliphatic rings. The normalized spacial score (nSPS) is 15.9. The number of amides is 1. The highest BCUT2D eigenvalue weighted by Crippen LogP contribution is 2.26. The van der Waals surface area contributed by atoms with E-state index in [0.29, 0.717) is 17.9 Å². The largest absolute Gasteiger partial charge is 0.364 e. The number of carbonyl (C=O) groups excluding carboxylic acids is 1. The summed E-state index contributed by atoms with van der Waals surface area (Å²) in [7, 11) is 3.39. The van der Waals surface area contributed by atoms with Gasteiger partial charge in [0.2, 0.25) is 5.82 Å². The minimum atomic E-state index is -0.207. The van der Waals surface area contributed by atoms with Crippen LogP contribution in [0.2, 0.25) is 0 Å². The highest BCUT2D eigenvalue weighted by atomic mass is 16.2. The van der Waals surface area contributed by atoms with E-state index in [1.165, 1.54) is 4.90 Å². The Morgan fingerprint density at radius 1 is 1.24 bits per heavy atom. The van der Waals surface area contributed by atoms with Crippen molar-refractivity contribution in [1.29, 1.82) is 5.26 Å². The monoisotopic (exact) mass is 393 g/mol. The lowest BCUT2D eigenvalue weighted by atomic mass is 10.1. The van der Waals surface area contributed by atoms with Gasteiger partial charge in [-0.2, -0.15) is 5.26 Å². The third-order valence-corrected chi connectivity index (χ3v) is 5.25. The van der Waals surface area contributed by atoms with E-state index < -0.39 is 0 Å². The minimum Gasteiger partial charge on any atom is -0.364 e. The molecule has 3 rings (SSSR count). The van der Waals surface area contributed by atoms with Crippen LogP contribution in [0.1, 0.15) is 45.1 Å². The zero-order chi connectivity index (χ0) is 21.3. The summed E-state index contributed by atoms with van der Waals surface area (Å²) < 4.78 is 0. The molecule has 0 aromatic carbocycles. The van der Waals surface area contributed by atoms with Crippen LogP contribution in [0.25, 0.3) is 0 Å². The Hall–Kier alpha value is -3.21. The van der Waals surface area contributed by atoms with E-state index in [4.69, 9.17) is 0 Å². The van der Waals surface area contributed by atoms with Crippen molar-refractivity contribution in [2.45, 2.75) is 40.2 Å². The van der Waals surface area contributed by atoms with E-state index in [-0.39, 0.29) is 17.8 Å². The Kier molecular flexibility index (Phi) is 5.69. The van der Waals surface area contributed by atoms with Gasteiger partial charge in [0.1, 0.15) is 17.7 Å². The van der Waals surface area contributed by atoms with Crippen molar-refractivity contribution in [3.8, 4) is 6.07 Å². The number of carbonyl (C=O) groups is 1. The molecule has 0 bridgehead atoms. The highest BCUT2D eigenvalue weighted by molar-refractivity contribution is 5.90. The Balaban J connectivity index is 1.84. The number of aromatic nitrogens is 3. The van der Waals surface area contributed by atoms with Crippen molar-refractivity contribution < 1.29 is 4.79 Å². The molecule has 0 radical (unpaired) electrons. The van der Waals surface area contributed by atoms with Gasteiger partial charge in [-0.25, -0.2) is 15.0 Å². The molecular formula is C21H27N7O. The molecule has 2 aromatic rings. The van der Waals surface area contributed by atoms with Crippen molar-refractivity contribution >= 4 is 17.5 Å². The molecule has 1 fully saturated rings. The summed E-state index contributed by atoms with van der Waals surface area (Å²) >= 11 is 0. The highest BCUT2D eigenvalue weighted by Gasteiger charge is 2.28. The molecule has 8 heteroatoms. The van der Waals surface area contributed by atoms with Crippen LogP contribution in [-0.4, -0.2) is 59.0 Å². The Morgan fingerprint density at radius 2 is 1.97 bits per heavy atom. The summed E-state index contributed by atoms with van der Waals surface area (Å²) in [5.41, 5.74) is 4.17. The fourth-order valence-corrected chi connectivity index (χ4v) is 3.56. The maximum absolute atomic E-state index is 12.3. The second-order valence-electron chi connectivity index (χ2n) is 7.77. The van der Waals surface area contributed by atoms with Gasteiger partial charge in [-0.1, -0.05) is 0 Å². The van der Waals surface area contributed by atoms with Gasteiger partial charge in [0.25, 0.3) is 5.91 Å². The number of nitriles is 1. The van der Waals surface area contributed by atoms with Crippen molar-refractivity contribution in [2.24, 2.45) is 0 Å². The summed E-state index contributed by atoms with van der Waals surface area (Å²) in [5, 5.41) is 12.9. The van der Waals surface area contributed by atoms with E-state index >= 15 is 0 Å². The van der Waals surface area contributed by atoms with E-state index in [0.717, 1.165) is 41.3 Å². The number of pyridine rings is 1. The van der Waals surface area contributed by atoms with Crippen LogP contribution in [0.3, 0.4) is 0 Å². The van der Waals surface area contributed by atoms with Crippen molar-refractivity contribution in [1.82, 2.24) is 19.9 Å². The Bertz CT molecular complexity index is 993. The first-order chi connectivity index (χ1) is 13.7. The van der Waals surface area contributed by atoms with Crippen LogP contribution >= 0.6 is 0 Å². The van der Waals surface area contributed by atoms with Crippen LogP contribution < -0.4 is 10.2 Å². The van der Waals surface area contributed by atoms with Crippen LogP contribution in [0.15, 0.2) is 6.07 Å². The Morgan fingerprint density at radius 3 is 2.62 bits per heavy atom. The lowest BCUT2D eigenvalue weighted by molar-refractivity contribution is 0.0815. The Labute approximate surface area is 171 Å². The quantitative estimate of drug-likeness (QED) is 0.851. The summed E-state index contributed by atoms with van der Waals surface area (Å²) in [6, 6.07) is 4.31. The molecule has 0 unspecified atom stereocenters. The molecule has 0 spiro atoms. The third-order valence-electron chi connectivity index (χ3n) is 5.25. The zero-order valence-corrected chi connectivity index (χ0v) is 17.9. The summed E-state index contributed by atoms with van der Waals surface area (Å²) in [6.07, 6.45) is 0.888. The van der Waals surface area contributed by atoms with E-state index in [1.54, 1.807) is 14.1 Å². The van der Waals surface area contributed by atoms with Gasteiger partial charge in [0.15, 0.2) is 0 Å². The number of anilines is 2. The molecule has 152 valence electrons. The molecule has 3 heterocycles. The number of nitrogens with one attached hydrogen (secondary N) is 1. The lowest BCUT2D eigenvalue weighted by Crippen LogP contribution is -2.30. The summed E-state index contributed by atoms with van der Waals surface area (Å²) in [6.45, 7) is 9.25. The predicted octanol–water partition coefficient (Wildman–Crippen LogP) is 2.37. The average Bonchev–Trinajstić information content (AvgIpc) is 3.11. The molecule has 0 saturated carbocycles. The molecule has 1 aliphatic heterocycles. The van der Waals surface area contributed by atoms with Gasteiger partial charge in [0, 0.05) is 50.2 Å². The summed E-state index contributed by atoms with van der Waals surface area (Å²) in [5.74, 6) is 1.44. The molecule has 1 amide bonds. The fraction of sp³-hybridized carbons (Fsp3) is 0.476. The van der Waals surface area contributed by atoms with Crippen LogP contribution in [0.4, 0.5) is 11.6 Å². The second-order valence-corrected chi connectivity index (χ2v) is 7.77.